The molecule has 0 aliphatic rings. The van der Waals surface area contributed by atoms with Crippen molar-refractivity contribution in [3.05, 3.63) is 84.4 Å². The molecule has 3 rings (SSSR count). The van der Waals surface area contributed by atoms with Crippen LogP contribution in [0.4, 0.5) is 5.69 Å². The van der Waals surface area contributed by atoms with Crippen LogP contribution in [-0.2, 0) is 0 Å². The zero-order valence-electron chi connectivity index (χ0n) is 12.3. The first-order valence-electron chi connectivity index (χ1n) is 7.15. The number of nitrogens with one attached hydrogen (secondary N) is 1. The van der Waals surface area contributed by atoms with E-state index in [9.17, 15) is 9.90 Å². The second-order valence-electron chi connectivity index (χ2n) is 4.92. The molecule has 0 bridgehead atoms. The summed E-state index contributed by atoms with van der Waals surface area (Å²) in [7, 11) is 0. The van der Waals surface area contributed by atoms with Gasteiger partial charge < -0.3 is 15.2 Å². The Balaban J connectivity index is 1.88. The second-order valence-corrected chi connectivity index (χ2v) is 4.92. The van der Waals surface area contributed by atoms with Gasteiger partial charge >= 0.3 is 0 Å². The van der Waals surface area contributed by atoms with Gasteiger partial charge in [0.25, 0.3) is 5.91 Å². The number of anilines is 1. The molecular formula is C19H15NO3. The Labute approximate surface area is 134 Å². The summed E-state index contributed by atoms with van der Waals surface area (Å²) in [6, 6.07) is 22.7. The largest absolute Gasteiger partial charge is 0.508 e. The molecule has 3 aromatic rings. The van der Waals surface area contributed by atoms with Crippen LogP contribution < -0.4 is 10.1 Å². The van der Waals surface area contributed by atoms with Crippen LogP contribution in [0.15, 0.2) is 78.9 Å². The predicted octanol–water partition coefficient (Wildman–Crippen LogP) is 4.44. The molecule has 0 saturated carbocycles. The average Bonchev–Trinajstić information content (AvgIpc) is 2.58. The zero-order chi connectivity index (χ0) is 16.1. The van der Waals surface area contributed by atoms with Crippen molar-refractivity contribution >= 4 is 11.6 Å². The third-order valence-corrected chi connectivity index (χ3v) is 3.21. The number of hydrogen-bond acceptors (Lipinski definition) is 3. The molecule has 2 N–H and O–H groups in total. The van der Waals surface area contributed by atoms with Gasteiger partial charge in [-0.25, -0.2) is 0 Å². The molecule has 1 amide bonds. The fraction of sp³-hybridized carbons (Fsp3) is 0. The zero-order valence-corrected chi connectivity index (χ0v) is 12.3. The average molecular weight is 305 g/mol. The van der Waals surface area contributed by atoms with Gasteiger partial charge in [0.15, 0.2) is 0 Å². The molecule has 0 aliphatic heterocycles. The van der Waals surface area contributed by atoms with Crippen molar-refractivity contribution in [3.8, 4) is 17.2 Å². The normalized spacial score (nSPS) is 10.1. The van der Waals surface area contributed by atoms with E-state index in [0.717, 1.165) is 0 Å². The summed E-state index contributed by atoms with van der Waals surface area (Å²) in [4.78, 5) is 12.5. The summed E-state index contributed by atoms with van der Waals surface area (Å²) in [6.45, 7) is 0. The van der Waals surface area contributed by atoms with Crippen molar-refractivity contribution in [1.82, 2.24) is 0 Å². The van der Waals surface area contributed by atoms with Crippen LogP contribution in [0, 0.1) is 0 Å². The minimum Gasteiger partial charge on any atom is -0.508 e. The summed E-state index contributed by atoms with van der Waals surface area (Å²) in [5.74, 6) is 0.649. The lowest BCUT2D eigenvalue weighted by Gasteiger charge is -2.12. The lowest BCUT2D eigenvalue weighted by atomic mass is 10.1. The van der Waals surface area contributed by atoms with Crippen molar-refractivity contribution in [2.45, 2.75) is 0 Å². The SMILES string of the molecule is O=C(Nc1ccccc1)c1cc(O)ccc1Oc1ccccc1. The highest BCUT2D eigenvalue weighted by Crippen LogP contribution is 2.29. The predicted molar refractivity (Wildman–Crippen MR) is 89.0 cm³/mol. The molecule has 0 aliphatic carbocycles. The van der Waals surface area contributed by atoms with Crippen molar-refractivity contribution in [1.29, 1.82) is 0 Å². The van der Waals surface area contributed by atoms with Gasteiger partial charge in [-0.1, -0.05) is 36.4 Å². The first-order chi connectivity index (χ1) is 11.2. The number of hydrogen-bond donors (Lipinski definition) is 2. The molecular weight excluding hydrogens is 290 g/mol. The highest BCUT2D eigenvalue weighted by atomic mass is 16.5. The number of amides is 1. The molecule has 114 valence electrons. The Kier molecular flexibility index (Phi) is 4.25. The van der Waals surface area contributed by atoms with E-state index in [1.54, 1.807) is 30.3 Å². The first kappa shape index (κ1) is 14.7. The lowest BCUT2D eigenvalue weighted by molar-refractivity contribution is 0.102. The van der Waals surface area contributed by atoms with Crippen LogP contribution >= 0.6 is 0 Å². The monoisotopic (exact) mass is 305 g/mol. The standard InChI is InChI=1S/C19H15NO3/c21-15-11-12-18(23-16-9-5-2-6-10-16)17(13-15)19(22)20-14-7-3-1-4-8-14/h1-13,21H,(H,20,22). The van der Waals surface area contributed by atoms with E-state index in [4.69, 9.17) is 4.74 Å². The highest BCUT2D eigenvalue weighted by Gasteiger charge is 2.14. The molecule has 0 spiro atoms. The van der Waals surface area contributed by atoms with Crippen LogP contribution in [0.5, 0.6) is 17.2 Å². The van der Waals surface area contributed by atoms with Gasteiger partial charge in [0.05, 0.1) is 5.56 Å². The maximum absolute atomic E-state index is 12.5. The number of aromatic hydroxyl groups is 1. The van der Waals surface area contributed by atoms with Crippen LogP contribution in [0.1, 0.15) is 10.4 Å². The Morgan fingerprint density at radius 3 is 2.22 bits per heavy atom. The van der Waals surface area contributed by atoms with Gasteiger partial charge in [-0.15, -0.1) is 0 Å². The number of para-hydroxylation sites is 2. The van der Waals surface area contributed by atoms with Gasteiger partial charge in [0.1, 0.15) is 17.2 Å². The Hall–Kier alpha value is -3.27. The van der Waals surface area contributed by atoms with E-state index in [1.165, 1.54) is 12.1 Å². The summed E-state index contributed by atoms with van der Waals surface area (Å²) < 4.78 is 5.75. The molecule has 0 radical (unpaired) electrons. The number of phenolic OH excluding ortho intramolecular Hbond substituents is 1. The quantitative estimate of drug-likeness (QED) is 0.749. The molecule has 0 fully saturated rings. The highest BCUT2D eigenvalue weighted by molar-refractivity contribution is 6.06. The summed E-state index contributed by atoms with van der Waals surface area (Å²) in [5, 5.41) is 12.5. The van der Waals surface area contributed by atoms with E-state index in [-0.39, 0.29) is 17.2 Å². The molecule has 23 heavy (non-hydrogen) atoms. The number of benzene rings is 3. The van der Waals surface area contributed by atoms with Crippen LogP contribution in [-0.4, -0.2) is 11.0 Å². The van der Waals surface area contributed by atoms with Gasteiger partial charge in [-0.05, 0) is 42.5 Å². The summed E-state index contributed by atoms with van der Waals surface area (Å²) in [5.41, 5.74) is 0.934. The molecule has 3 aromatic carbocycles. The van der Waals surface area contributed by atoms with E-state index in [0.29, 0.717) is 17.2 Å². The van der Waals surface area contributed by atoms with Gasteiger partial charge in [0, 0.05) is 5.69 Å². The maximum atomic E-state index is 12.5. The van der Waals surface area contributed by atoms with E-state index in [2.05, 4.69) is 5.32 Å². The summed E-state index contributed by atoms with van der Waals surface area (Å²) in [6.07, 6.45) is 0. The third-order valence-electron chi connectivity index (χ3n) is 3.21. The second kappa shape index (κ2) is 6.66. The maximum Gasteiger partial charge on any atom is 0.259 e. The molecule has 4 heteroatoms. The molecule has 0 heterocycles. The smallest absolute Gasteiger partial charge is 0.259 e. The lowest BCUT2D eigenvalue weighted by Crippen LogP contribution is -2.12. The van der Waals surface area contributed by atoms with Crippen LogP contribution in [0.25, 0.3) is 0 Å². The third kappa shape index (κ3) is 3.68. The van der Waals surface area contributed by atoms with E-state index in [1.807, 2.05) is 36.4 Å². The fourth-order valence-electron chi connectivity index (χ4n) is 2.12. The molecule has 0 atom stereocenters. The Morgan fingerprint density at radius 2 is 1.52 bits per heavy atom. The van der Waals surface area contributed by atoms with Crippen molar-refractivity contribution < 1.29 is 14.6 Å². The molecule has 0 aromatic heterocycles. The van der Waals surface area contributed by atoms with Gasteiger partial charge in [0.2, 0.25) is 0 Å². The molecule has 4 nitrogen and oxygen atoms in total. The summed E-state index contributed by atoms with van der Waals surface area (Å²) >= 11 is 0. The van der Waals surface area contributed by atoms with Crippen LogP contribution in [0.2, 0.25) is 0 Å². The van der Waals surface area contributed by atoms with Gasteiger partial charge in [-0.2, -0.15) is 0 Å². The minimum absolute atomic E-state index is 0.00335. The number of phenols is 1. The topological polar surface area (TPSA) is 58.6 Å². The number of ether oxygens (including phenoxy) is 1. The minimum atomic E-state index is -0.349. The first-order valence-corrected chi connectivity index (χ1v) is 7.15. The molecule has 0 saturated heterocycles. The number of carbonyl (C=O) groups is 1. The van der Waals surface area contributed by atoms with Crippen molar-refractivity contribution in [3.63, 3.8) is 0 Å². The number of rotatable bonds is 4. The number of carbonyl (C=O) groups excluding carboxylic acids is 1. The Bertz CT molecular complexity index is 801. The van der Waals surface area contributed by atoms with E-state index >= 15 is 0 Å². The van der Waals surface area contributed by atoms with E-state index < -0.39 is 0 Å². The molecule has 0 unspecified atom stereocenters. The van der Waals surface area contributed by atoms with Crippen LogP contribution in [0.3, 0.4) is 0 Å². The van der Waals surface area contributed by atoms with Crippen molar-refractivity contribution in [2.24, 2.45) is 0 Å². The Morgan fingerprint density at radius 1 is 0.870 bits per heavy atom. The fourth-order valence-corrected chi connectivity index (χ4v) is 2.12. The van der Waals surface area contributed by atoms with Gasteiger partial charge in [-0.3, -0.25) is 4.79 Å². The van der Waals surface area contributed by atoms with Crippen molar-refractivity contribution in [2.75, 3.05) is 5.32 Å².